The van der Waals surface area contributed by atoms with Crippen LogP contribution >= 0.6 is 23.5 Å². The second-order valence-corrected chi connectivity index (χ2v) is 28.1. The summed E-state index contributed by atoms with van der Waals surface area (Å²) >= 11 is 2.87. The zero-order valence-corrected chi connectivity index (χ0v) is 59.9. The summed E-state index contributed by atoms with van der Waals surface area (Å²) in [5.74, 6) is -11.7. The topological polar surface area (TPSA) is 468 Å². The highest BCUT2D eigenvalue weighted by Crippen LogP contribution is 2.26. The smallest absolute Gasteiger partial charge is 0.305 e. The number of thioether (sulfide) groups is 2. The van der Waals surface area contributed by atoms with E-state index in [0.717, 1.165) is 30.2 Å². The molecule has 15 N–H and O–H groups in total. The Labute approximate surface area is 596 Å². The molecular weight excluding hydrogens is 1350 g/mol. The van der Waals surface area contributed by atoms with Crippen LogP contribution in [0.1, 0.15) is 148 Å². The Morgan fingerprint density at radius 1 is 0.653 bits per heavy atom. The first-order chi connectivity index (χ1) is 48.1. The van der Waals surface area contributed by atoms with Crippen LogP contribution in [-0.4, -0.2) is 214 Å². The molecule has 2 bridgehead atoms. The molecule has 11 amide bonds. The van der Waals surface area contributed by atoms with Crippen molar-refractivity contribution in [3.05, 3.63) is 59.2 Å². The molecule has 0 radical (unpaired) electrons. The number of rotatable bonds is 17. The molecule has 10 atom stereocenters. The Balaban J connectivity index is 1.44. The number of amides is 11. The van der Waals surface area contributed by atoms with E-state index in [2.05, 4.69) is 47.7 Å². The number of aromatic hydroxyl groups is 1. The lowest BCUT2D eigenvalue weighted by Crippen LogP contribution is -2.61. The van der Waals surface area contributed by atoms with Gasteiger partial charge in [0.2, 0.25) is 59.1 Å². The predicted molar refractivity (Wildman–Crippen MR) is 376 cm³/mol. The SMILES string of the molecule is CSCc1cc2cc(c1)OCCCCCCON=CC(=O)N[C@@H](CCCCN)C(=O)N[C@@H](C)C(=O)N1CCC[C@H]1C(=O)N[C@@H](CC(C)C)C(=O)N[C@@H](CC(=O)O)C(=O)N[C@@H](C(C)C)C(=O)N1CCC[C@H]1C(=O)N[C@@H](Cc1ccc(O)cc1)C(=O)N[C@@H](CCC(=O)O)C(=O)N[C@H](C(N)=O)CSC2. The summed E-state index contributed by atoms with van der Waals surface area (Å²) in [4.78, 5) is 187. The van der Waals surface area contributed by atoms with Crippen LogP contribution in [0.15, 0.2) is 47.6 Å². The third kappa shape index (κ3) is 28.0. The summed E-state index contributed by atoms with van der Waals surface area (Å²) in [6.45, 7) is 9.07. The van der Waals surface area contributed by atoms with Crippen molar-refractivity contribution in [3.8, 4) is 11.5 Å². The number of carboxylic acid groups (broad SMARTS) is 2. The quantitative estimate of drug-likeness (QED) is 0.0990. The van der Waals surface area contributed by atoms with E-state index >= 15 is 0 Å². The van der Waals surface area contributed by atoms with Gasteiger partial charge in [-0.25, -0.2) is 0 Å². The summed E-state index contributed by atoms with van der Waals surface area (Å²) in [6, 6.07) is -2.39. The van der Waals surface area contributed by atoms with Gasteiger partial charge in [-0.1, -0.05) is 51.0 Å². The Hall–Kier alpha value is -8.72. The number of ether oxygens (including phenoxy) is 1. The van der Waals surface area contributed by atoms with Crippen molar-refractivity contribution in [1.82, 2.24) is 52.3 Å². The van der Waals surface area contributed by atoms with Gasteiger partial charge in [0.1, 0.15) is 84.7 Å². The highest BCUT2D eigenvalue weighted by Gasteiger charge is 2.43. The van der Waals surface area contributed by atoms with E-state index in [1.54, 1.807) is 39.5 Å². The van der Waals surface area contributed by atoms with Crippen LogP contribution in [0.3, 0.4) is 0 Å². The van der Waals surface area contributed by atoms with Gasteiger partial charge in [-0.05, 0) is 156 Å². The normalized spacial score (nSPS) is 24.8. The van der Waals surface area contributed by atoms with E-state index in [4.69, 9.17) is 21.0 Å². The lowest BCUT2D eigenvalue weighted by molar-refractivity contribution is -0.144. The van der Waals surface area contributed by atoms with Crippen molar-refractivity contribution < 1.29 is 87.2 Å². The van der Waals surface area contributed by atoms with Crippen LogP contribution in [0.4, 0.5) is 0 Å². The maximum Gasteiger partial charge on any atom is 0.305 e. The lowest BCUT2D eigenvalue weighted by Gasteiger charge is -2.32. The fourth-order valence-electron chi connectivity index (χ4n) is 11.8. The van der Waals surface area contributed by atoms with Crippen molar-refractivity contribution in [2.75, 3.05) is 44.9 Å². The second kappa shape index (κ2) is 42.5. The van der Waals surface area contributed by atoms with Crippen molar-refractivity contribution in [2.24, 2.45) is 28.5 Å². The number of carboxylic acids is 2. The minimum atomic E-state index is -1.83. The zero-order chi connectivity index (χ0) is 74.3. The van der Waals surface area contributed by atoms with Crippen LogP contribution in [0, 0.1) is 11.8 Å². The molecule has 2 fully saturated rings. The number of phenolic OH excluding ortho intramolecular Hbond substituents is 1. The number of primary amides is 1. The van der Waals surface area contributed by atoms with Gasteiger partial charge in [-0.3, -0.25) is 62.3 Å². The number of carbonyl (C=O) groups excluding carboxylic acids is 11. The number of nitrogens with one attached hydrogen (secondary N) is 8. The fraction of sp³-hybridized carbons (Fsp3) is 0.618. The number of unbranched alkanes of at least 4 members (excludes halogenated alkanes) is 1. The van der Waals surface area contributed by atoms with E-state index in [1.165, 1.54) is 52.8 Å². The third-order valence-electron chi connectivity index (χ3n) is 17.1. The summed E-state index contributed by atoms with van der Waals surface area (Å²) in [5, 5.41) is 54.5. The van der Waals surface area contributed by atoms with Gasteiger partial charge >= 0.3 is 11.9 Å². The Morgan fingerprint density at radius 2 is 1.24 bits per heavy atom. The molecule has 0 aliphatic carbocycles. The molecule has 3 heterocycles. The number of phenols is 1. The number of fused-ring (bicyclic) bond motifs is 4. The number of hydrogen-bond donors (Lipinski definition) is 13. The fourth-order valence-corrected chi connectivity index (χ4v) is 13.3. The Morgan fingerprint density at radius 3 is 1.85 bits per heavy atom. The van der Waals surface area contributed by atoms with Gasteiger partial charge in [0.25, 0.3) is 5.91 Å². The Bertz CT molecular complexity index is 3220. The molecule has 2 aromatic carbocycles. The molecule has 2 saturated heterocycles. The molecule has 0 saturated carbocycles. The van der Waals surface area contributed by atoms with Crippen LogP contribution in [0.5, 0.6) is 11.5 Å². The van der Waals surface area contributed by atoms with Crippen LogP contribution < -0.4 is 58.7 Å². The van der Waals surface area contributed by atoms with Gasteiger partial charge in [0, 0.05) is 43.2 Å². The monoisotopic (exact) mass is 1450 g/mol. The molecule has 2 aromatic rings. The predicted octanol–water partition coefficient (Wildman–Crippen LogP) is 1.22. The molecule has 5 rings (SSSR count). The number of nitrogens with two attached hydrogens (primary N) is 2. The van der Waals surface area contributed by atoms with Gasteiger partial charge < -0.3 is 88.7 Å². The maximum absolute atomic E-state index is 14.7. The summed E-state index contributed by atoms with van der Waals surface area (Å²) in [6.07, 6.45) is 5.30. The third-order valence-corrected chi connectivity index (χ3v) is 18.8. The van der Waals surface area contributed by atoms with Gasteiger partial charge in [-0.15, -0.1) is 0 Å². The first-order valence-corrected chi connectivity index (χ1v) is 36.9. The Kier molecular flexibility index (Phi) is 34.9. The molecule has 101 heavy (non-hydrogen) atoms. The molecular formula is C68H101N13O18S2. The molecule has 0 aromatic heterocycles. The molecule has 33 heteroatoms. The zero-order valence-electron chi connectivity index (χ0n) is 58.3. The van der Waals surface area contributed by atoms with Crippen molar-refractivity contribution >= 4 is 107 Å². The van der Waals surface area contributed by atoms with Gasteiger partial charge in [-0.2, -0.15) is 23.5 Å². The number of oxime groups is 1. The average molecular weight is 1450 g/mol. The molecule has 558 valence electrons. The number of aliphatic carboxylic acids is 2. The average Bonchev–Trinajstić information content (AvgIpc) is 1.74. The molecule has 31 nitrogen and oxygen atoms in total. The lowest BCUT2D eigenvalue weighted by atomic mass is 10.00. The van der Waals surface area contributed by atoms with E-state index < -0.39 is 163 Å². The molecule has 0 spiro atoms. The van der Waals surface area contributed by atoms with Crippen molar-refractivity contribution in [1.29, 1.82) is 0 Å². The maximum atomic E-state index is 14.7. The van der Waals surface area contributed by atoms with Crippen LogP contribution in [-0.2, 0) is 85.1 Å². The van der Waals surface area contributed by atoms with E-state index in [0.29, 0.717) is 68.1 Å². The van der Waals surface area contributed by atoms with E-state index in [9.17, 15) is 77.6 Å². The second-order valence-electron chi connectivity index (χ2n) is 26.2. The number of carbonyl (C=O) groups is 13. The molecule has 3 aliphatic rings. The minimum Gasteiger partial charge on any atom is -0.508 e. The summed E-state index contributed by atoms with van der Waals surface area (Å²) in [7, 11) is 0. The van der Waals surface area contributed by atoms with Crippen molar-refractivity contribution in [2.45, 2.75) is 209 Å². The minimum absolute atomic E-state index is 0.0206. The molecule has 3 aliphatic heterocycles. The summed E-state index contributed by atoms with van der Waals surface area (Å²) in [5.41, 5.74) is 13.8. The molecule has 0 unspecified atom stereocenters. The number of hydrogen-bond acceptors (Lipinski definition) is 20. The largest absolute Gasteiger partial charge is 0.508 e. The standard InChI is InChI=1S/C68H101N13O18S2/c1-39(2)29-49-62(91)75-51(34-57(86)87)64(93)79-58(40(3)4)68(97)81-26-14-17-54(81)66(95)77-50(33-42-18-20-45(82)21-19-42)63(92)74-48(22-23-56(84)85)61(90)78-52(59(70)88)38-101-37-44-30-43(36-100-6)31-46(32-44)98-27-11-7-8-12-28-99-71-35-55(83)73-47(15-9-10-24-69)60(89)72-41(5)67(96)80-25-13-16-53(80)65(94)76-49/h18-21,30-32,35,39-41,47-54,58,82H,7-17,22-29,33-34,36-38,69H2,1-6H3,(H2,70,88)(H,72,89)(H,73,83)(H,74,92)(H,75,91)(H,76,94)(H,77,95)(H,78,90)(H,79,93)(H,84,85)(H,86,87)/t41-,47-,48-,49-,50-,51-,52-,53-,54-,58-/m0/s1. The van der Waals surface area contributed by atoms with Crippen LogP contribution in [0.2, 0.25) is 0 Å². The first-order valence-electron chi connectivity index (χ1n) is 34.3. The van der Waals surface area contributed by atoms with E-state index in [-0.39, 0.29) is 75.6 Å². The van der Waals surface area contributed by atoms with Gasteiger partial charge in [0.15, 0.2) is 0 Å². The van der Waals surface area contributed by atoms with E-state index in [1.807, 2.05) is 24.5 Å². The summed E-state index contributed by atoms with van der Waals surface area (Å²) < 4.78 is 6.17. The van der Waals surface area contributed by atoms with Crippen molar-refractivity contribution in [3.63, 3.8) is 0 Å². The highest BCUT2D eigenvalue weighted by atomic mass is 32.2. The number of benzene rings is 2. The van der Waals surface area contributed by atoms with Gasteiger partial charge in [0.05, 0.1) is 13.0 Å². The number of nitrogens with zero attached hydrogens (tertiary/aromatic N) is 3. The highest BCUT2D eigenvalue weighted by molar-refractivity contribution is 7.98. The van der Waals surface area contributed by atoms with Crippen LogP contribution in [0.25, 0.3) is 0 Å². The first kappa shape index (κ1) is 82.9.